The molecule has 0 fully saturated rings. The van der Waals surface area contributed by atoms with Crippen molar-refractivity contribution in [2.75, 3.05) is 11.1 Å². The molecule has 128 valence electrons. The minimum Gasteiger partial charge on any atom is -0.398 e. The molecule has 0 bridgehead atoms. The highest BCUT2D eigenvalue weighted by Gasteiger charge is 2.23. The summed E-state index contributed by atoms with van der Waals surface area (Å²) in [6.07, 6.45) is 0.379. The maximum atomic E-state index is 12.3. The Balaban J connectivity index is 1.79. The molecule has 2 aromatic rings. The van der Waals surface area contributed by atoms with Crippen molar-refractivity contribution in [3.8, 4) is 0 Å². The molecule has 0 saturated carbocycles. The fourth-order valence-electron chi connectivity index (χ4n) is 2.76. The summed E-state index contributed by atoms with van der Waals surface area (Å²) in [4.78, 5) is 23.7. The first-order valence-corrected chi connectivity index (χ1v) is 8.08. The number of hydrazone groups is 1. The number of carbonyl (C=O) groups is 2. The molecule has 1 unspecified atom stereocenters. The van der Waals surface area contributed by atoms with Crippen LogP contribution in [0.4, 0.5) is 11.4 Å². The van der Waals surface area contributed by atoms with Crippen molar-refractivity contribution in [3.63, 3.8) is 0 Å². The topological polar surface area (TPSA) is 96.6 Å². The van der Waals surface area contributed by atoms with Crippen LogP contribution in [0.1, 0.15) is 34.8 Å². The number of amides is 2. The molecule has 1 heterocycles. The number of benzene rings is 2. The summed E-state index contributed by atoms with van der Waals surface area (Å²) in [5.74, 6) is -0.302. The smallest absolute Gasteiger partial charge is 0.255 e. The van der Waals surface area contributed by atoms with Crippen molar-refractivity contribution in [1.82, 2.24) is 5.43 Å². The third-order valence-corrected chi connectivity index (χ3v) is 4.16. The van der Waals surface area contributed by atoms with Gasteiger partial charge in [-0.05, 0) is 37.3 Å². The summed E-state index contributed by atoms with van der Waals surface area (Å²) in [7, 11) is 0. The van der Waals surface area contributed by atoms with Crippen LogP contribution in [0, 0.1) is 12.8 Å². The van der Waals surface area contributed by atoms with Gasteiger partial charge in [-0.15, -0.1) is 0 Å². The number of nitrogens with zero attached hydrogens (tertiary/aromatic N) is 1. The van der Waals surface area contributed by atoms with Gasteiger partial charge in [0.25, 0.3) is 5.91 Å². The van der Waals surface area contributed by atoms with Gasteiger partial charge in [-0.3, -0.25) is 9.59 Å². The van der Waals surface area contributed by atoms with Gasteiger partial charge in [-0.25, -0.2) is 5.43 Å². The Labute approximate surface area is 146 Å². The molecule has 4 N–H and O–H groups in total. The normalized spacial score (nSPS) is 16.8. The Bertz CT molecular complexity index is 856. The van der Waals surface area contributed by atoms with Crippen LogP contribution in [-0.4, -0.2) is 17.5 Å². The van der Waals surface area contributed by atoms with E-state index in [-0.39, 0.29) is 17.7 Å². The van der Waals surface area contributed by atoms with E-state index in [1.165, 1.54) is 0 Å². The van der Waals surface area contributed by atoms with Crippen LogP contribution in [0.2, 0.25) is 0 Å². The monoisotopic (exact) mass is 336 g/mol. The summed E-state index contributed by atoms with van der Waals surface area (Å²) in [6.45, 7) is 3.91. The molecule has 0 saturated heterocycles. The van der Waals surface area contributed by atoms with E-state index in [0.29, 0.717) is 23.4 Å². The number of aryl methyl sites for hydroxylation is 1. The molecule has 6 heteroatoms. The number of nitrogens with one attached hydrogen (secondary N) is 2. The van der Waals surface area contributed by atoms with E-state index in [2.05, 4.69) is 15.8 Å². The van der Waals surface area contributed by atoms with Crippen LogP contribution in [-0.2, 0) is 4.79 Å². The molecule has 2 aromatic carbocycles. The first-order chi connectivity index (χ1) is 11.9. The van der Waals surface area contributed by atoms with Crippen molar-refractivity contribution in [1.29, 1.82) is 0 Å². The van der Waals surface area contributed by atoms with Crippen molar-refractivity contribution in [2.45, 2.75) is 20.3 Å². The molecule has 1 aliphatic heterocycles. The lowest BCUT2D eigenvalue weighted by atomic mass is 9.93. The quantitative estimate of drug-likeness (QED) is 0.752. The second kappa shape index (κ2) is 6.76. The summed E-state index contributed by atoms with van der Waals surface area (Å²) in [5, 5.41) is 6.96. The summed E-state index contributed by atoms with van der Waals surface area (Å²) in [5.41, 5.74) is 12.9. The van der Waals surface area contributed by atoms with Crippen molar-refractivity contribution < 1.29 is 9.59 Å². The summed E-state index contributed by atoms with van der Waals surface area (Å²) in [6, 6.07) is 12.6. The van der Waals surface area contributed by atoms with Gasteiger partial charge in [-0.1, -0.05) is 24.6 Å². The Kier molecular flexibility index (Phi) is 4.52. The van der Waals surface area contributed by atoms with E-state index < -0.39 is 0 Å². The zero-order valence-corrected chi connectivity index (χ0v) is 14.2. The molecule has 1 aliphatic rings. The van der Waals surface area contributed by atoms with Gasteiger partial charge in [0.15, 0.2) is 0 Å². The predicted octanol–water partition coefficient (Wildman–Crippen LogP) is 2.69. The Morgan fingerprint density at radius 3 is 2.60 bits per heavy atom. The molecular weight excluding hydrogens is 316 g/mol. The number of nitrogens with two attached hydrogens (primary N) is 1. The SMILES string of the molecule is Cc1ccc(C(=O)Nc2ccc(C3=NNC(=O)CC3C)c(N)c2)cc1. The molecule has 1 atom stereocenters. The first kappa shape index (κ1) is 16.7. The molecular formula is C19H20N4O2. The predicted molar refractivity (Wildman–Crippen MR) is 98.4 cm³/mol. The minimum absolute atomic E-state index is 0.0101. The highest BCUT2D eigenvalue weighted by atomic mass is 16.2. The average Bonchev–Trinajstić information content (AvgIpc) is 2.56. The number of rotatable bonds is 3. The van der Waals surface area contributed by atoms with Gasteiger partial charge < -0.3 is 11.1 Å². The molecule has 0 aromatic heterocycles. The summed E-state index contributed by atoms with van der Waals surface area (Å²) < 4.78 is 0. The van der Waals surface area contributed by atoms with E-state index >= 15 is 0 Å². The summed E-state index contributed by atoms with van der Waals surface area (Å²) >= 11 is 0. The molecule has 2 amide bonds. The highest BCUT2D eigenvalue weighted by molar-refractivity contribution is 6.10. The van der Waals surface area contributed by atoms with E-state index in [9.17, 15) is 9.59 Å². The standard InChI is InChI=1S/C19H20N4O2/c1-11-3-5-13(6-4-11)19(25)21-14-7-8-15(16(20)10-14)18-12(2)9-17(24)22-23-18/h3-8,10,12H,9,20H2,1-2H3,(H,21,25)(H,22,24). The lowest BCUT2D eigenvalue weighted by Gasteiger charge is -2.20. The number of nitrogen functional groups attached to an aromatic ring is 1. The van der Waals surface area contributed by atoms with E-state index in [1.54, 1.807) is 24.3 Å². The number of hydrogen-bond acceptors (Lipinski definition) is 4. The van der Waals surface area contributed by atoms with E-state index in [1.807, 2.05) is 32.0 Å². The van der Waals surface area contributed by atoms with Crippen LogP contribution in [0.3, 0.4) is 0 Å². The third kappa shape index (κ3) is 3.68. The van der Waals surface area contributed by atoms with Crippen LogP contribution >= 0.6 is 0 Å². The van der Waals surface area contributed by atoms with Gasteiger partial charge in [0.2, 0.25) is 5.91 Å². The van der Waals surface area contributed by atoms with E-state index in [4.69, 9.17) is 5.73 Å². The van der Waals surface area contributed by atoms with Gasteiger partial charge >= 0.3 is 0 Å². The van der Waals surface area contributed by atoms with Gasteiger partial charge in [-0.2, -0.15) is 5.10 Å². The lowest BCUT2D eigenvalue weighted by molar-refractivity contribution is -0.121. The maximum Gasteiger partial charge on any atom is 0.255 e. The van der Waals surface area contributed by atoms with Crippen molar-refractivity contribution in [3.05, 3.63) is 59.2 Å². The Hall–Kier alpha value is -3.15. The van der Waals surface area contributed by atoms with Crippen LogP contribution in [0.5, 0.6) is 0 Å². The van der Waals surface area contributed by atoms with Crippen molar-refractivity contribution in [2.24, 2.45) is 11.0 Å². The molecule has 0 radical (unpaired) electrons. The number of anilines is 2. The molecule has 6 nitrogen and oxygen atoms in total. The van der Waals surface area contributed by atoms with Crippen LogP contribution in [0.25, 0.3) is 0 Å². The molecule has 0 spiro atoms. The third-order valence-electron chi connectivity index (χ3n) is 4.16. The zero-order valence-electron chi connectivity index (χ0n) is 14.2. The fraction of sp³-hybridized carbons (Fsp3) is 0.211. The van der Waals surface area contributed by atoms with Gasteiger partial charge in [0, 0.05) is 34.8 Å². The number of carbonyl (C=O) groups excluding carboxylic acids is 2. The second-order valence-corrected chi connectivity index (χ2v) is 6.26. The highest BCUT2D eigenvalue weighted by Crippen LogP contribution is 2.24. The molecule has 25 heavy (non-hydrogen) atoms. The number of hydrogen-bond donors (Lipinski definition) is 3. The van der Waals surface area contributed by atoms with Gasteiger partial charge in [0.05, 0.1) is 5.71 Å². The molecule has 0 aliphatic carbocycles. The average molecular weight is 336 g/mol. The van der Waals surface area contributed by atoms with Gasteiger partial charge in [0.1, 0.15) is 0 Å². The minimum atomic E-state index is -0.192. The largest absolute Gasteiger partial charge is 0.398 e. The van der Waals surface area contributed by atoms with Crippen LogP contribution in [0.15, 0.2) is 47.6 Å². The van der Waals surface area contributed by atoms with Crippen molar-refractivity contribution >= 4 is 28.9 Å². The first-order valence-electron chi connectivity index (χ1n) is 8.08. The zero-order chi connectivity index (χ0) is 18.0. The Morgan fingerprint density at radius 2 is 1.96 bits per heavy atom. The fourth-order valence-corrected chi connectivity index (χ4v) is 2.76. The second-order valence-electron chi connectivity index (χ2n) is 6.26. The lowest BCUT2D eigenvalue weighted by Crippen LogP contribution is -2.32. The molecule has 3 rings (SSSR count). The van der Waals surface area contributed by atoms with E-state index in [0.717, 1.165) is 16.8 Å². The Morgan fingerprint density at radius 1 is 1.24 bits per heavy atom. The van der Waals surface area contributed by atoms with Crippen LogP contribution < -0.4 is 16.5 Å². The maximum absolute atomic E-state index is 12.3.